The number of sulfone groups is 1. The quantitative estimate of drug-likeness (QED) is 0.334. The summed E-state index contributed by atoms with van der Waals surface area (Å²) >= 11 is 0. The molecule has 1 aliphatic carbocycles. The summed E-state index contributed by atoms with van der Waals surface area (Å²) in [5.41, 5.74) is 2.97. The molecule has 198 valence electrons. The Balaban J connectivity index is 1.64. The SMILES string of the molecule is CCC(c1cccc(C#N)c1)n1c(CC2CC2)nc(O)c(S(=O)(=O)c2ccc(-c3ccncc3C)cc2)c1=O. The van der Waals surface area contributed by atoms with Gasteiger partial charge < -0.3 is 5.11 Å². The first-order valence-corrected chi connectivity index (χ1v) is 14.3. The third-order valence-electron chi connectivity index (χ3n) is 7.16. The molecule has 2 heterocycles. The van der Waals surface area contributed by atoms with Crippen molar-refractivity contribution in [2.24, 2.45) is 5.92 Å². The van der Waals surface area contributed by atoms with E-state index >= 15 is 0 Å². The van der Waals surface area contributed by atoms with Gasteiger partial charge in [-0.25, -0.2) is 8.42 Å². The first-order valence-electron chi connectivity index (χ1n) is 12.8. The highest BCUT2D eigenvalue weighted by Gasteiger charge is 2.33. The molecule has 0 amide bonds. The molecule has 0 bridgehead atoms. The first-order chi connectivity index (χ1) is 18.7. The van der Waals surface area contributed by atoms with Crippen LogP contribution >= 0.6 is 0 Å². The van der Waals surface area contributed by atoms with Gasteiger partial charge in [0.15, 0.2) is 4.90 Å². The van der Waals surface area contributed by atoms with E-state index in [4.69, 9.17) is 0 Å². The molecule has 1 fully saturated rings. The molecule has 8 nitrogen and oxygen atoms in total. The lowest BCUT2D eigenvalue weighted by molar-refractivity contribution is 0.406. The average molecular weight is 541 g/mol. The predicted octanol–water partition coefficient (Wildman–Crippen LogP) is 4.98. The summed E-state index contributed by atoms with van der Waals surface area (Å²) in [4.78, 5) is 21.5. The van der Waals surface area contributed by atoms with Crippen LogP contribution in [0.4, 0.5) is 0 Å². The Morgan fingerprint density at radius 3 is 2.54 bits per heavy atom. The van der Waals surface area contributed by atoms with Crippen LogP contribution in [0, 0.1) is 24.2 Å². The summed E-state index contributed by atoms with van der Waals surface area (Å²) in [7, 11) is -4.41. The molecule has 0 aliphatic heterocycles. The van der Waals surface area contributed by atoms with Crippen molar-refractivity contribution >= 4 is 9.84 Å². The second kappa shape index (κ2) is 10.5. The number of nitriles is 1. The zero-order valence-corrected chi connectivity index (χ0v) is 22.5. The van der Waals surface area contributed by atoms with Crippen molar-refractivity contribution in [2.45, 2.75) is 55.4 Å². The van der Waals surface area contributed by atoms with Crippen molar-refractivity contribution in [2.75, 3.05) is 0 Å². The molecule has 5 rings (SSSR count). The van der Waals surface area contributed by atoms with Gasteiger partial charge in [-0.15, -0.1) is 0 Å². The summed E-state index contributed by atoms with van der Waals surface area (Å²) in [6, 6.07) is 16.5. The Hall–Kier alpha value is -4.29. The fourth-order valence-corrected chi connectivity index (χ4v) is 6.29. The molecule has 4 aromatic rings. The van der Waals surface area contributed by atoms with E-state index in [1.165, 1.54) is 16.7 Å². The molecular formula is C30H28N4O4S. The fraction of sp³-hybridized carbons (Fsp3) is 0.267. The number of pyridine rings is 1. The van der Waals surface area contributed by atoms with Gasteiger partial charge in [0.05, 0.1) is 22.6 Å². The Morgan fingerprint density at radius 1 is 1.15 bits per heavy atom. The third-order valence-corrected chi connectivity index (χ3v) is 8.95. The van der Waals surface area contributed by atoms with Gasteiger partial charge >= 0.3 is 0 Å². The maximum atomic E-state index is 14.0. The molecule has 1 aliphatic rings. The average Bonchev–Trinajstić information content (AvgIpc) is 3.75. The van der Waals surface area contributed by atoms with Crippen molar-refractivity contribution in [3.63, 3.8) is 0 Å². The smallest absolute Gasteiger partial charge is 0.277 e. The number of aryl methyl sites for hydroxylation is 1. The van der Waals surface area contributed by atoms with Crippen LogP contribution in [-0.4, -0.2) is 28.1 Å². The number of nitrogens with zero attached hydrogens (tertiary/aromatic N) is 4. The van der Waals surface area contributed by atoms with Gasteiger partial charge in [0.2, 0.25) is 15.7 Å². The van der Waals surface area contributed by atoms with Crippen LogP contribution in [-0.2, 0) is 16.3 Å². The second-order valence-electron chi connectivity index (χ2n) is 9.88. The highest BCUT2D eigenvalue weighted by Crippen LogP contribution is 2.35. The summed E-state index contributed by atoms with van der Waals surface area (Å²) in [5.74, 6) is -0.115. The minimum atomic E-state index is -4.41. The van der Waals surface area contributed by atoms with E-state index in [2.05, 4.69) is 16.0 Å². The number of rotatable bonds is 8. The normalized spacial score (nSPS) is 14.1. The lowest BCUT2D eigenvalue weighted by Crippen LogP contribution is -2.33. The van der Waals surface area contributed by atoms with Crippen LogP contribution in [0.15, 0.2) is 81.6 Å². The lowest BCUT2D eigenvalue weighted by Gasteiger charge is -2.23. The summed E-state index contributed by atoms with van der Waals surface area (Å²) in [6.07, 6.45) is 6.28. The van der Waals surface area contributed by atoms with Gasteiger partial charge in [0, 0.05) is 18.8 Å². The maximum Gasteiger partial charge on any atom is 0.277 e. The Kier molecular flexibility index (Phi) is 7.06. The van der Waals surface area contributed by atoms with E-state index < -0.39 is 32.2 Å². The lowest BCUT2D eigenvalue weighted by atomic mass is 10.0. The molecule has 1 atom stereocenters. The number of benzene rings is 2. The number of hydrogen-bond acceptors (Lipinski definition) is 7. The van der Waals surface area contributed by atoms with Gasteiger partial charge in [0.25, 0.3) is 5.56 Å². The monoisotopic (exact) mass is 540 g/mol. The van der Waals surface area contributed by atoms with Crippen molar-refractivity contribution in [3.05, 3.63) is 99.9 Å². The molecule has 1 N–H and O–H groups in total. The van der Waals surface area contributed by atoms with Gasteiger partial charge in [-0.1, -0.05) is 31.2 Å². The minimum absolute atomic E-state index is 0.117. The van der Waals surface area contributed by atoms with Gasteiger partial charge in [-0.3, -0.25) is 14.3 Å². The maximum absolute atomic E-state index is 14.0. The molecule has 0 radical (unpaired) electrons. The molecule has 2 aromatic carbocycles. The van der Waals surface area contributed by atoms with E-state index in [1.807, 2.05) is 26.0 Å². The largest absolute Gasteiger partial charge is 0.492 e. The molecule has 2 aromatic heterocycles. The predicted molar refractivity (Wildman–Crippen MR) is 146 cm³/mol. The van der Waals surface area contributed by atoms with Gasteiger partial charge in [-0.2, -0.15) is 10.2 Å². The fourth-order valence-electron chi connectivity index (χ4n) is 4.94. The summed E-state index contributed by atoms with van der Waals surface area (Å²) in [6.45, 7) is 3.80. The van der Waals surface area contributed by atoms with Crippen molar-refractivity contribution in [1.29, 1.82) is 5.26 Å². The molecule has 0 spiro atoms. The van der Waals surface area contributed by atoms with Crippen LogP contribution < -0.4 is 5.56 Å². The summed E-state index contributed by atoms with van der Waals surface area (Å²) in [5, 5.41) is 20.2. The Labute approximate surface area is 227 Å². The number of aromatic nitrogens is 3. The molecular weight excluding hydrogens is 512 g/mol. The first kappa shape index (κ1) is 26.3. The van der Waals surface area contributed by atoms with E-state index in [0.29, 0.717) is 35.7 Å². The van der Waals surface area contributed by atoms with Crippen molar-refractivity contribution < 1.29 is 13.5 Å². The number of hydrogen-bond donors (Lipinski definition) is 1. The summed E-state index contributed by atoms with van der Waals surface area (Å²) < 4.78 is 28.9. The zero-order chi connectivity index (χ0) is 27.7. The topological polar surface area (TPSA) is 126 Å². The Bertz CT molecular complexity index is 1750. The van der Waals surface area contributed by atoms with Crippen LogP contribution in [0.1, 0.15) is 54.7 Å². The van der Waals surface area contributed by atoms with E-state index in [0.717, 1.165) is 29.5 Å². The van der Waals surface area contributed by atoms with Crippen LogP contribution in [0.25, 0.3) is 11.1 Å². The molecule has 0 saturated heterocycles. The van der Waals surface area contributed by atoms with E-state index in [-0.39, 0.29) is 4.90 Å². The zero-order valence-electron chi connectivity index (χ0n) is 21.7. The van der Waals surface area contributed by atoms with Crippen molar-refractivity contribution in [1.82, 2.24) is 14.5 Å². The molecule has 9 heteroatoms. The van der Waals surface area contributed by atoms with Gasteiger partial charge in [0.1, 0.15) is 5.82 Å². The third kappa shape index (κ3) is 5.08. The second-order valence-corrected chi connectivity index (χ2v) is 11.8. The van der Waals surface area contributed by atoms with E-state index in [1.54, 1.807) is 42.7 Å². The highest BCUT2D eigenvalue weighted by atomic mass is 32.2. The van der Waals surface area contributed by atoms with E-state index in [9.17, 15) is 23.6 Å². The van der Waals surface area contributed by atoms with Gasteiger partial charge in [-0.05, 0) is 84.7 Å². The molecule has 39 heavy (non-hydrogen) atoms. The van der Waals surface area contributed by atoms with Crippen LogP contribution in [0.3, 0.4) is 0 Å². The highest BCUT2D eigenvalue weighted by molar-refractivity contribution is 7.91. The standard InChI is InChI=1S/C30H28N4O4S/c1-3-26(23-6-4-5-21(15-23)17-31)34-27(16-20-7-8-20)33-29(35)28(30(34)36)39(37,38)24-11-9-22(10-12-24)25-13-14-32-18-19(25)2/h4-6,9-15,18,20,26,35H,3,7-8,16H2,1-2H3. The minimum Gasteiger partial charge on any atom is -0.492 e. The molecule has 1 saturated carbocycles. The van der Waals surface area contributed by atoms with Crippen molar-refractivity contribution in [3.8, 4) is 23.1 Å². The van der Waals surface area contributed by atoms with Crippen LogP contribution in [0.5, 0.6) is 5.88 Å². The number of aromatic hydroxyl groups is 1. The van der Waals surface area contributed by atoms with Crippen LogP contribution in [0.2, 0.25) is 0 Å². The Morgan fingerprint density at radius 2 is 1.90 bits per heavy atom. The molecule has 1 unspecified atom stereocenters.